The minimum Gasteiger partial charge on any atom is -0.396 e. The molecule has 6 nitrogen and oxygen atoms in total. The van der Waals surface area contributed by atoms with Crippen LogP contribution in [0.2, 0.25) is 0 Å². The molecule has 1 aliphatic heterocycles. The number of aryl methyl sites for hydroxylation is 1. The number of aromatic nitrogens is 1. The van der Waals surface area contributed by atoms with Gasteiger partial charge in [0.15, 0.2) is 0 Å². The molecule has 0 radical (unpaired) electrons. The molecule has 0 saturated carbocycles. The second-order valence-electron chi connectivity index (χ2n) is 8.03. The molecule has 2 aromatic carbocycles. The van der Waals surface area contributed by atoms with Gasteiger partial charge < -0.3 is 15.7 Å². The number of benzene rings is 2. The molecule has 0 spiro atoms. The van der Waals surface area contributed by atoms with Gasteiger partial charge in [-0.05, 0) is 31.0 Å². The Bertz CT molecular complexity index is 1010. The van der Waals surface area contributed by atoms with Crippen molar-refractivity contribution in [2.75, 3.05) is 25.0 Å². The summed E-state index contributed by atoms with van der Waals surface area (Å²) in [6.07, 6.45) is 0.809. The van der Waals surface area contributed by atoms with Crippen molar-refractivity contribution < 1.29 is 9.90 Å². The molecule has 7 heteroatoms. The molecule has 2 atom stereocenters. The van der Waals surface area contributed by atoms with E-state index in [9.17, 15) is 9.90 Å². The number of piperidine rings is 1. The molecular weight excluding hydrogens is 408 g/mol. The highest BCUT2D eigenvalue weighted by molar-refractivity contribution is 7.13. The van der Waals surface area contributed by atoms with Gasteiger partial charge in [-0.2, -0.15) is 0 Å². The van der Waals surface area contributed by atoms with Crippen LogP contribution in [0, 0.1) is 12.8 Å². The van der Waals surface area contributed by atoms with Crippen molar-refractivity contribution in [2.24, 2.45) is 5.92 Å². The number of hydrogen-bond acceptors (Lipinski definition) is 5. The molecule has 3 aromatic rings. The summed E-state index contributed by atoms with van der Waals surface area (Å²) in [6, 6.07) is 17.8. The van der Waals surface area contributed by atoms with E-state index in [1.165, 1.54) is 5.56 Å². The summed E-state index contributed by atoms with van der Waals surface area (Å²) >= 11 is 1.59. The van der Waals surface area contributed by atoms with Crippen molar-refractivity contribution in [3.63, 3.8) is 0 Å². The zero-order valence-electron chi connectivity index (χ0n) is 17.6. The Hall–Kier alpha value is -2.74. The number of amides is 2. The monoisotopic (exact) mass is 436 g/mol. The molecular formula is C24H28N4O2S. The molecule has 162 valence electrons. The first-order valence-electron chi connectivity index (χ1n) is 10.6. The number of carbonyl (C=O) groups is 1. The zero-order chi connectivity index (χ0) is 21.6. The van der Waals surface area contributed by atoms with Gasteiger partial charge >= 0.3 is 6.03 Å². The van der Waals surface area contributed by atoms with Gasteiger partial charge in [0.05, 0.1) is 0 Å². The van der Waals surface area contributed by atoms with E-state index in [2.05, 4.69) is 32.7 Å². The standard InChI is InChI=1S/C24H28N4O2S/c1-17-16-31-23(25-17)19-8-5-9-21(12-19)26-24(30)27-22-10-11-28(14-20(22)15-29)13-18-6-3-2-4-7-18/h2-9,12,16,20,22,29H,10-11,13-15H2,1H3,(H2,26,27,30)/t20-,22-/m1/s1. The quantitative estimate of drug-likeness (QED) is 0.543. The van der Waals surface area contributed by atoms with Gasteiger partial charge in [0.2, 0.25) is 0 Å². The average Bonchev–Trinajstić information content (AvgIpc) is 3.22. The largest absolute Gasteiger partial charge is 0.396 e. The fourth-order valence-electron chi connectivity index (χ4n) is 4.02. The van der Waals surface area contributed by atoms with E-state index in [0.29, 0.717) is 0 Å². The van der Waals surface area contributed by atoms with E-state index in [1.807, 2.05) is 54.8 Å². The van der Waals surface area contributed by atoms with Crippen molar-refractivity contribution in [1.29, 1.82) is 0 Å². The number of thiazole rings is 1. The second-order valence-corrected chi connectivity index (χ2v) is 8.89. The van der Waals surface area contributed by atoms with Crippen molar-refractivity contribution >= 4 is 23.1 Å². The summed E-state index contributed by atoms with van der Waals surface area (Å²) in [6.45, 7) is 4.52. The number of nitrogens with zero attached hydrogens (tertiary/aromatic N) is 2. The normalized spacial score (nSPS) is 19.2. The van der Waals surface area contributed by atoms with Crippen LogP contribution in [0.15, 0.2) is 60.0 Å². The summed E-state index contributed by atoms with van der Waals surface area (Å²) < 4.78 is 0. The second kappa shape index (κ2) is 10.0. The fraction of sp³-hybridized carbons (Fsp3) is 0.333. The Morgan fingerprint density at radius 2 is 2.06 bits per heavy atom. The first-order chi connectivity index (χ1) is 15.1. The third-order valence-electron chi connectivity index (χ3n) is 5.60. The lowest BCUT2D eigenvalue weighted by atomic mass is 9.92. The molecule has 2 amide bonds. The molecule has 1 saturated heterocycles. The number of aliphatic hydroxyl groups excluding tert-OH is 1. The molecule has 0 unspecified atom stereocenters. The number of urea groups is 1. The van der Waals surface area contributed by atoms with Crippen LogP contribution >= 0.6 is 11.3 Å². The lowest BCUT2D eigenvalue weighted by molar-refractivity contribution is 0.0895. The Kier molecular flexibility index (Phi) is 6.96. The Labute approximate surface area is 186 Å². The van der Waals surface area contributed by atoms with Crippen LogP contribution in [0.4, 0.5) is 10.5 Å². The zero-order valence-corrected chi connectivity index (χ0v) is 18.4. The number of likely N-dealkylation sites (tertiary alicyclic amines) is 1. The maximum atomic E-state index is 12.6. The van der Waals surface area contributed by atoms with Crippen LogP contribution in [0.3, 0.4) is 0 Å². The van der Waals surface area contributed by atoms with Crippen molar-refractivity contribution in [3.8, 4) is 10.6 Å². The number of hydrogen-bond donors (Lipinski definition) is 3. The van der Waals surface area contributed by atoms with Gasteiger partial charge in [-0.15, -0.1) is 11.3 Å². The third-order valence-corrected chi connectivity index (χ3v) is 6.61. The molecule has 4 rings (SSSR count). The molecule has 1 fully saturated rings. The van der Waals surface area contributed by atoms with Gasteiger partial charge in [-0.25, -0.2) is 9.78 Å². The molecule has 1 aromatic heterocycles. The average molecular weight is 437 g/mol. The van der Waals surface area contributed by atoms with Crippen LogP contribution in [0.25, 0.3) is 10.6 Å². The SMILES string of the molecule is Cc1csc(-c2cccc(NC(=O)N[C@@H]3CCN(Cc4ccccc4)C[C@@H]3CO)c2)n1. The highest BCUT2D eigenvalue weighted by Gasteiger charge is 2.30. The van der Waals surface area contributed by atoms with Gasteiger partial charge in [-0.1, -0.05) is 42.5 Å². The Morgan fingerprint density at radius 3 is 2.81 bits per heavy atom. The summed E-state index contributed by atoms with van der Waals surface area (Å²) in [4.78, 5) is 19.5. The van der Waals surface area contributed by atoms with E-state index in [0.717, 1.165) is 48.0 Å². The van der Waals surface area contributed by atoms with Crippen LogP contribution in [-0.2, 0) is 6.54 Å². The van der Waals surface area contributed by atoms with E-state index in [-0.39, 0.29) is 24.6 Å². The lowest BCUT2D eigenvalue weighted by Crippen LogP contribution is -2.52. The smallest absolute Gasteiger partial charge is 0.319 e. The van der Waals surface area contributed by atoms with Gasteiger partial charge in [-0.3, -0.25) is 4.90 Å². The topological polar surface area (TPSA) is 77.5 Å². The summed E-state index contributed by atoms with van der Waals surface area (Å²) in [5.74, 6) is 0.00726. The van der Waals surface area contributed by atoms with Crippen molar-refractivity contribution in [3.05, 3.63) is 71.2 Å². The van der Waals surface area contributed by atoms with Crippen LogP contribution < -0.4 is 10.6 Å². The van der Waals surface area contributed by atoms with E-state index in [4.69, 9.17) is 0 Å². The Balaban J connectivity index is 1.33. The predicted molar refractivity (Wildman–Crippen MR) is 125 cm³/mol. The summed E-state index contributed by atoms with van der Waals surface area (Å²) in [5, 5.41) is 18.9. The summed E-state index contributed by atoms with van der Waals surface area (Å²) in [5.41, 5.74) is 3.96. The maximum Gasteiger partial charge on any atom is 0.319 e. The van der Waals surface area contributed by atoms with Gasteiger partial charge in [0.25, 0.3) is 0 Å². The molecule has 1 aliphatic rings. The third kappa shape index (κ3) is 5.70. The molecule has 0 aliphatic carbocycles. The van der Waals surface area contributed by atoms with Crippen molar-refractivity contribution in [2.45, 2.75) is 25.9 Å². The van der Waals surface area contributed by atoms with E-state index >= 15 is 0 Å². The molecule has 0 bridgehead atoms. The number of nitrogens with one attached hydrogen (secondary N) is 2. The summed E-state index contributed by atoms with van der Waals surface area (Å²) in [7, 11) is 0. The maximum absolute atomic E-state index is 12.6. The van der Waals surface area contributed by atoms with Crippen LogP contribution in [-0.4, -0.2) is 46.8 Å². The minimum absolute atomic E-state index is 0.00726. The highest BCUT2D eigenvalue weighted by atomic mass is 32.1. The van der Waals surface area contributed by atoms with E-state index < -0.39 is 0 Å². The molecule has 31 heavy (non-hydrogen) atoms. The highest BCUT2D eigenvalue weighted by Crippen LogP contribution is 2.26. The first-order valence-corrected chi connectivity index (χ1v) is 11.5. The molecule has 3 N–H and O–H groups in total. The van der Waals surface area contributed by atoms with Gasteiger partial charge in [0.1, 0.15) is 5.01 Å². The molecule has 2 heterocycles. The predicted octanol–water partition coefficient (Wildman–Crippen LogP) is 4.12. The van der Waals surface area contributed by atoms with E-state index in [1.54, 1.807) is 11.3 Å². The van der Waals surface area contributed by atoms with Crippen LogP contribution in [0.1, 0.15) is 17.7 Å². The lowest BCUT2D eigenvalue weighted by Gasteiger charge is -2.38. The van der Waals surface area contributed by atoms with Crippen molar-refractivity contribution in [1.82, 2.24) is 15.2 Å². The van der Waals surface area contributed by atoms with Crippen LogP contribution in [0.5, 0.6) is 0 Å². The number of anilines is 1. The number of aliphatic hydroxyl groups is 1. The first kappa shape index (κ1) is 21.5. The Morgan fingerprint density at radius 1 is 1.23 bits per heavy atom. The minimum atomic E-state index is -0.243. The number of rotatable bonds is 6. The number of carbonyl (C=O) groups excluding carboxylic acids is 1. The fourth-order valence-corrected chi connectivity index (χ4v) is 4.81. The van der Waals surface area contributed by atoms with Gasteiger partial charge in [0, 0.05) is 60.5 Å².